The number of carbonyl (C=O) groups is 2. The summed E-state index contributed by atoms with van der Waals surface area (Å²) >= 11 is 3.45. The van der Waals surface area contributed by atoms with Gasteiger partial charge in [-0.25, -0.2) is 0 Å². The lowest BCUT2D eigenvalue weighted by molar-refractivity contribution is 0.101. The highest BCUT2D eigenvalue weighted by Crippen LogP contribution is 2.32. The largest absolute Gasteiger partial charge is 0.354 e. The summed E-state index contributed by atoms with van der Waals surface area (Å²) in [6.07, 6.45) is 0.589. The average molecular weight is 443 g/mol. The molecular formula is C21H23BrN4O2. The number of hydrogen-bond donors (Lipinski definition) is 2. The van der Waals surface area contributed by atoms with Gasteiger partial charge in [-0.3, -0.25) is 14.3 Å². The molecule has 3 aromatic rings. The Balaban J connectivity index is 2.04. The van der Waals surface area contributed by atoms with Crippen LogP contribution in [0.15, 0.2) is 28.7 Å². The van der Waals surface area contributed by atoms with Gasteiger partial charge in [0, 0.05) is 28.3 Å². The predicted molar refractivity (Wildman–Crippen MR) is 114 cm³/mol. The van der Waals surface area contributed by atoms with E-state index in [-0.39, 0.29) is 11.7 Å². The van der Waals surface area contributed by atoms with Gasteiger partial charge in [0.25, 0.3) is 5.91 Å². The van der Waals surface area contributed by atoms with E-state index < -0.39 is 0 Å². The summed E-state index contributed by atoms with van der Waals surface area (Å²) in [6, 6.07) is 7.87. The summed E-state index contributed by atoms with van der Waals surface area (Å²) in [5, 5.41) is 7.47. The molecular weight excluding hydrogens is 420 g/mol. The van der Waals surface area contributed by atoms with Gasteiger partial charge >= 0.3 is 0 Å². The number of nitrogens with one attached hydrogen (secondary N) is 2. The number of hydrogen-bond acceptors (Lipinski definition) is 3. The van der Waals surface area contributed by atoms with E-state index in [1.807, 2.05) is 45.0 Å². The van der Waals surface area contributed by atoms with Crippen molar-refractivity contribution >= 4 is 33.4 Å². The van der Waals surface area contributed by atoms with Gasteiger partial charge in [-0.15, -0.1) is 0 Å². The Labute approximate surface area is 172 Å². The molecule has 2 aromatic heterocycles. The first-order valence-corrected chi connectivity index (χ1v) is 9.87. The summed E-state index contributed by atoms with van der Waals surface area (Å²) in [7, 11) is 1.80. The number of aromatic amines is 1. The Hall–Kier alpha value is -2.67. The van der Waals surface area contributed by atoms with E-state index in [2.05, 4.69) is 31.3 Å². The van der Waals surface area contributed by atoms with Crippen molar-refractivity contribution in [2.45, 2.75) is 34.1 Å². The molecule has 0 atom stereocenters. The molecule has 7 heteroatoms. The third kappa shape index (κ3) is 3.54. The van der Waals surface area contributed by atoms with Gasteiger partial charge in [0.15, 0.2) is 5.78 Å². The van der Waals surface area contributed by atoms with Crippen LogP contribution in [0.1, 0.15) is 51.6 Å². The van der Waals surface area contributed by atoms with Crippen molar-refractivity contribution in [3.8, 4) is 11.1 Å². The van der Waals surface area contributed by atoms with Crippen LogP contribution >= 0.6 is 15.9 Å². The summed E-state index contributed by atoms with van der Waals surface area (Å²) in [4.78, 5) is 28.2. The molecule has 0 unspecified atom stereocenters. The predicted octanol–water partition coefficient (Wildman–Crippen LogP) is 4.81. The van der Waals surface area contributed by atoms with Crippen LogP contribution in [0.3, 0.4) is 0 Å². The lowest BCUT2D eigenvalue weighted by Crippen LogP contribution is -2.17. The van der Waals surface area contributed by atoms with E-state index in [0.29, 0.717) is 29.2 Å². The average Bonchev–Trinajstić information content (AvgIpc) is 3.12. The van der Waals surface area contributed by atoms with E-state index in [0.717, 1.165) is 26.9 Å². The molecule has 2 N–H and O–H groups in total. The van der Waals surface area contributed by atoms with Gasteiger partial charge in [-0.05, 0) is 50.5 Å². The smallest absolute Gasteiger partial charge is 0.273 e. The molecule has 0 radical (unpaired) electrons. The van der Waals surface area contributed by atoms with E-state index in [9.17, 15) is 9.59 Å². The molecule has 146 valence electrons. The fourth-order valence-corrected chi connectivity index (χ4v) is 3.90. The number of carbonyl (C=O) groups excluding carboxylic acids is 2. The number of rotatable bonds is 5. The number of ketones is 1. The van der Waals surface area contributed by atoms with Gasteiger partial charge in [0.1, 0.15) is 11.5 Å². The minimum atomic E-state index is -0.284. The standard InChI is InChI=1S/C21H23BrN4O2/c1-6-16-17(13(4)27)11(2)23-19(16)21(28)24-20-18(12(3)25-26(20)5)14-7-9-15(22)10-8-14/h7-10,23H,6H2,1-5H3,(H,24,28). The van der Waals surface area contributed by atoms with Crippen molar-refractivity contribution in [1.29, 1.82) is 0 Å². The zero-order valence-corrected chi connectivity index (χ0v) is 18.2. The maximum Gasteiger partial charge on any atom is 0.273 e. The summed E-state index contributed by atoms with van der Waals surface area (Å²) in [5.74, 6) is 0.286. The highest BCUT2D eigenvalue weighted by Gasteiger charge is 2.24. The highest BCUT2D eigenvalue weighted by atomic mass is 79.9. The van der Waals surface area contributed by atoms with E-state index in [1.165, 1.54) is 6.92 Å². The number of halogens is 1. The fraction of sp³-hybridized carbons (Fsp3) is 0.286. The molecule has 0 spiro atoms. The molecule has 0 saturated heterocycles. The van der Waals surface area contributed by atoms with E-state index in [4.69, 9.17) is 0 Å². The van der Waals surface area contributed by atoms with Crippen molar-refractivity contribution in [2.24, 2.45) is 7.05 Å². The quantitative estimate of drug-likeness (QED) is 0.556. The molecule has 0 saturated carbocycles. The van der Waals surface area contributed by atoms with E-state index >= 15 is 0 Å². The molecule has 0 fully saturated rings. The maximum absolute atomic E-state index is 13.1. The van der Waals surface area contributed by atoms with Crippen LogP contribution < -0.4 is 5.32 Å². The van der Waals surface area contributed by atoms with Crippen LogP contribution in [0.4, 0.5) is 5.82 Å². The second-order valence-electron chi connectivity index (χ2n) is 6.78. The maximum atomic E-state index is 13.1. The second kappa shape index (κ2) is 7.75. The highest BCUT2D eigenvalue weighted by molar-refractivity contribution is 9.10. The molecule has 0 aliphatic rings. The molecule has 3 rings (SSSR count). The Kier molecular flexibility index (Phi) is 5.56. The first kappa shape index (κ1) is 20.1. The first-order chi connectivity index (χ1) is 13.2. The monoisotopic (exact) mass is 442 g/mol. The number of aromatic nitrogens is 3. The minimum Gasteiger partial charge on any atom is -0.354 e. The molecule has 0 bridgehead atoms. The molecule has 6 nitrogen and oxygen atoms in total. The summed E-state index contributed by atoms with van der Waals surface area (Å²) in [6.45, 7) is 7.19. The summed E-state index contributed by atoms with van der Waals surface area (Å²) < 4.78 is 2.65. The number of benzene rings is 1. The lowest BCUT2D eigenvalue weighted by atomic mass is 10.0. The molecule has 2 heterocycles. The van der Waals surface area contributed by atoms with Crippen molar-refractivity contribution in [3.63, 3.8) is 0 Å². The molecule has 28 heavy (non-hydrogen) atoms. The van der Waals surface area contributed by atoms with E-state index in [1.54, 1.807) is 11.7 Å². The number of aryl methyl sites for hydroxylation is 3. The van der Waals surface area contributed by atoms with Gasteiger partial charge in [-0.2, -0.15) is 5.10 Å². The van der Waals surface area contributed by atoms with Gasteiger partial charge in [0.05, 0.1) is 5.69 Å². The Morgan fingerprint density at radius 1 is 1.21 bits per heavy atom. The van der Waals surface area contributed by atoms with Gasteiger partial charge in [0.2, 0.25) is 0 Å². The number of H-pyrrole nitrogens is 1. The molecule has 1 aromatic carbocycles. The third-order valence-corrected chi connectivity index (χ3v) is 5.34. The van der Waals surface area contributed by atoms with Crippen LogP contribution in [0.2, 0.25) is 0 Å². The first-order valence-electron chi connectivity index (χ1n) is 9.07. The molecule has 0 aliphatic carbocycles. The normalized spacial score (nSPS) is 10.9. The number of nitrogens with zero attached hydrogens (tertiary/aromatic N) is 2. The zero-order valence-electron chi connectivity index (χ0n) is 16.6. The van der Waals surface area contributed by atoms with Crippen molar-refractivity contribution in [2.75, 3.05) is 5.32 Å². The Morgan fingerprint density at radius 2 is 1.86 bits per heavy atom. The van der Waals surface area contributed by atoms with Crippen LogP contribution in [0.5, 0.6) is 0 Å². The van der Waals surface area contributed by atoms with Crippen LogP contribution in [-0.4, -0.2) is 26.5 Å². The van der Waals surface area contributed by atoms with Gasteiger partial charge < -0.3 is 10.3 Å². The summed E-state index contributed by atoms with van der Waals surface area (Å²) in [5.41, 5.74) is 5.13. The second-order valence-corrected chi connectivity index (χ2v) is 7.70. The van der Waals surface area contributed by atoms with Crippen LogP contribution in [-0.2, 0) is 13.5 Å². The SMILES string of the molecule is CCc1c(C(=O)Nc2c(-c3ccc(Br)cc3)c(C)nn2C)[nH]c(C)c1C(C)=O. The fourth-order valence-electron chi connectivity index (χ4n) is 3.63. The number of amides is 1. The molecule has 1 amide bonds. The number of Topliss-reactive ketones (excluding diaryl/α,β-unsaturated/α-hetero) is 1. The Morgan fingerprint density at radius 3 is 2.43 bits per heavy atom. The van der Waals surface area contributed by atoms with Crippen LogP contribution in [0.25, 0.3) is 11.1 Å². The third-order valence-electron chi connectivity index (χ3n) is 4.81. The van der Waals surface area contributed by atoms with Crippen LogP contribution in [0, 0.1) is 13.8 Å². The van der Waals surface area contributed by atoms with Crippen molar-refractivity contribution < 1.29 is 9.59 Å². The minimum absolute atomic E-state index is 0.0448. The van der Waals surface area contributed by atoms with Gasteiger partial charge in [-0.1, -0.05) is 35.0 Å². The van der Waals surface area contributed by atoms with Crippen molar-refractivity contribution in [1.82, 2.24) is 14.8 Å². The Bertz CT molecular complexity index is 1060. The zero-order chi connectivity index (χ0) is 20.6. The van der Waals surface area contributed by atoms with Crippen molar-refractivity contribution in [3.05, 3.63) is 56.9 Å². The number of anilines is 1. The topological polar surface area (TPSA) is 79.8 Å². The lowest BCUT2D eigenvalue weighted by Gasteiger charge is -2.10. The molecule has 0 aliphatic heterocycles.